The molecule has 18 heavy (non-hydrogen) atoms. The minimum Gasteiger partial charge on any atom is -0.304 e. The summed E-state index contributed by atoms with van der Waals surface area (Å²) >= 11 is 3.35. The van der Waals surface area contributed by atoms with Crippen molar-refractivity contribution in [2.24, 2.45) is 5.92 Å². The molecule has 0 fully saturated rings. The molecular weight excluding hydrogens is 288 g/mol. The monoisotopic (exact) mass is 310 g/mol. The fraction of sp³-hybridized carbons (Fsp3) is 0.533. The molecule has 0 saturated heterocycles. The maximum atomic E-state index is 4.26. The van der Waals surface area contributed by atoms with Crippen LogP contribution in [-0.2, 0) is 0 Å². The molecule has 0 bridgehead atoms. The lowest BCUT2D eigenvalue weighted by Gasteiger charge is -2.21. The van der Waals surface area contributed by atoms with Gasteiger partial charge in [-0.1, -0.05) is 33.4 Å². The van der Waals surface area contributed by atoms with E-state index in [1.165, 1.54) is 5.57 Å². The van der Waals surface area contributed by atoms with Crippen molar-refractivity contribution < 1.29 is 0 Å². The molecule has 1 atom stereocenters. The summed E-state index contributed by atoms with van der Waals surface area (Å²) in [5.41, 5.74) is 2.33. The molecule has 1 aromatic heterocycles. The predicted molar refractivity (Wildman–Crippen MR) is 82.5 cm³/mol. The summed E-state index contributed by atoms with van der Waals surface area (Å²) in [5.74, 6) is 0.494. The van der Waals surface area contributed by atoms with E-state index in [0.717, 1.165) is 36.2 Å². The second-order valence-corrected chi connectivity index (χ2v) is 5.42. The average molecular weight is 311 g/mol. The van der Waals surface area contributed by atoms with Crippen molar-refractivity contribution in [1.29, 1.82) is 0 Å². The topological polar surface area (TPSA) is 16.1 Å². The summed E-state index contributed by atoms with van der Waals surface area (Å²) in [6, 6.07) is 4.05. The van der Waals surface area contributed by atoms with Gasteiger partial charge in [0.25, 0.3) is 0 Å². The van der Waals surface area contributed by atoms with Crippen molar-refractivity contribution in [3.63, 3.8) is 0 Å². The van der Waals surface area contributed by atoms with Gasteiger partial charge in [0.1, 0.15) is 4.60 Å². The molecule has 0 N–H and O–H groups in total. The molecule has 0 aromatic carbocycles. The fourth-order valence-corrected chi connectivity index (χ4v) is 2.18. The summed E-state index contributed by atoms with van der Waals surface area (Å²) < 4.78 is 0.870. The van der Waals surface area contributed by atoms with E-state index in [9.17, 15) is 0 Å². The molecule has 0 amide bonds. The molecule has 1 heterocycles. The second kappa shape index (κ2) is 7.70. The molecule has 2 nitrogen and oxygen atoms in total. The van der Waals surface area contributed by atoms with Crippen LogP contribution in [0.3, 0.4) is 0 Å². The maximum Gasteiger partial charge on any atom is 0.106 e. The summed E-state index contributed by atoms with van der Waals surface area (Å²) in [4.78, 5) is 6.70. The number of pyridine rings is 1. The number of rotatable bonds is 7. The molecular formula is C15H23BrN2. The first kappa shape index (κ1) is 15.4. The number of halogens is 1. The molecule has 1 unspecified atom stereocenters. The molecule has 0 spiro atoms. The second-order valence-electron chi connectivity index (χ2n) is 4.61. The largest absolute Gasteiger partial charge is 0.304 e. The van der Waals surface area contributed by atoms with E-state index >= 15 is 0 Å². The Morgan fingerprint density at radius 3 is 2.56 bits per heavy atom. The highest BCUT2D eigenvalue weighted by Gasteiger charge is 2.10. The maximum absolute atomic E-state index is 4.26. The predicted octanol–water partition coefficient (Wildman–Crippen LogP) is 4.23. The van der Waals surface area contributed by atoms with Gasteiger partial charge in [0.15, 0.2) is 0 Å². The Balaban J connectivity index is 2.53. The Labute approximate surface area is 119 Å². The summed E-state index contributed by atoms with van der Waals surface area (Å²) in [6.07, 6.45) is 3.04. The minimum atomic E-state index is 0.494. The van der Waals surface area contributed by atoms with Crippen LogP contribution in [0.4, 0.5) is 0 Å². The van der Waals surface area contributed by atoms with Crippen LogP contribution in [0.2, 0.25) is 0 Å². The molecule has 0 aliphatic heterocycles. The van der Waals surface area contributed by atoms with E-state index in [2.05, 4.69) is 59.2 Å². The first-order valence-corrected chi connectivity index (χ1v) is 7.40. The van der Waals surface area contributed by atoms with Crippen molar-refractivity contribution in [2.45, 2.75) is 27.2 Å². The number of aromatic nitrogens is 1. The lowest BCUT2D eigenvalue weighted by molar-refractivity contribution is 0.290. The van der Waals surface area contributed by atoms with E-state index < -0.39 is 0 Å². The van der Waals surface area contributed by atoms with E-state index in [-0.39, 0.29) is 0 Å². The number of nitrogens with zero attached hydrogens (tertiary/aromatic N) is 2. The van der Waals surface area contributed by atoms with E-state index in [0.29, 0.717) is 5.92 Å². The highest BCUT2D eigenvalue weighted by Crippen LogP contribution is 2.24. The van der Waals surface area contributed by atoms with Crippen LogP contribution < -0.4 is 0 Å². The Hall–Kier alpha value is -0.670. The van der Waals surface area contributed by atoms with Crippen LogP contribution in [0, 0.1) is 5.92 Å². The normalized spacial score (nSPS) is 12.7. The third-order valence-electron chi connectivity index (χ3n) is 3.47. The van der Waals surface area contributed by atoms with E-state index in [1.54, 1.807) is 0 Å². The van der Waals surface area contributed by atoms with Crippen molar-refractivity contribution in [3.8, 4) is 0 Å². The quantitative estimate of drug-likeness (QED) is 0.701. The summed E-state index contributed by atoms with van der Waals surface area (Å²) in [6.45, 7) is 14.3. The molecule has 3 heteroatoms. The lowest BCUT2D eigenvalue weighted by Crippen LogP contribution is -2.25. The molecule has 0 aliphatic rings. The van der Waals surface area contributed by atoms with E-state index in [4.69, 9.17) is 0 Å². The van der Waals surface area contributed by atoms with Gasteiger partial charge < -0.3 is 4.90 Å². The fourth-order valence-electron chi connectivity index (χ4n) is 1.94. The highest BCUT2D eigenvalue weighted by atomic mass is 79.9. The Bertz CT molecular complexity index is 369. The van der Waals surface area contributed by atoms with Gasteiger partial charge in [0.2, 0.25) is 0 Å². The zero-order valence-electron chi connectivity index (χ0n) is 11.6. The Kier molecular flexibility index (Phi) is 6.58. The third kappa shape index (κ3) is 4.54. The zero-order valence-corrected chi connectivity index (χ0v) is 13.2. The van der Waals surface area contributed by atoms with Crippen LogP contribution in [-0.4, -0.2) is 29.5 Å². The van der Waals surface area contributed by atoms with Crippen molar-refractivity contribution >= 4 is 21.5 Å². The minimum absolute atomic E-state index is 0.494. The molecule has 0 saturated carbocycles. The lowest BCUT2D eigenvalue weighted by atomic mass is 9.93. The highest BCUT2D eigenvalue weighted by molar-refractivity contribution is 9.10. The van der Waals surface area contributed by atoms with Crippen LogP contribution in [0.15, 0.2) is 29.5 Å². The van der Waals surface area contributed by atoms with Gasteiger partial charge in [-0.15, -0.1) is 0 Å². The van der Waals surface area contributed by atoms with Crippen molar-refractivity contribution in [1.82, 2.24) is 9.88 Å². The number of hydrogen-bond acceptors (Lipinski definition) is 2. The molecule has 100 valence electrons. The van der Waals surface area contributed by atoms with Crippen molar-refractivity contribution in [3.05, 3.63) is 35.1 Å². The van der Waals surface area contributed by atoms with Gasteiger partial charge in [-0.25, -0.2) is 4.98 Å². The van der Waals surface area contributed by atoms with Crippen molar-refractivity contribution in [2.75, 3.05) is 19.6 Å². The summed E-state index contributed by atoms with van der Waals surface area (Å²) in [5, 5.41) is 0. The molecule has 0 aliphatic carbocycles. The average Bonchev–Trinajstić information content (AvgIpc) is 2.39. The smallest absolute Gasteiger partial charge is 0.106 e. The van der Waals surface area contributed by atoms with Gasteiger partial charge >= 0.3 is 0 Å². The van der Waals surface area contributed by atoms with Gasteiger partial charge in [0, 0.05) is 6.20 Å². The van der Waals surface area contributed by atoms with E-state index in [1.807, 2.05) is 12.3 Å². The number of hydrogen-bond donors (Lipinski definition) is 0. The molecule has 0 radical (unpaired) electrons. The van der Waals surface area contributed by atoms with Gasteiger partial charge in [-0.3, -0.25) is 0 Å². The summed E-state index contributed by atoms with van der Waals surface area (Å²) in [7, 11) is 0. The Morgan fingerprint density at radius 1 is 1.39 bits per heavy atom. The van der Waals surface area contributed by atoms with Crippen LogP contribution in [0.25, 0.3) is 5.57 Å². The standard InChI is InChI=1S/C15H23BrN2/c1-5-18(6-2)10-9-12(3)13(4)14-7-8-15(16)17-11-14/h7-8,11-12H,4-6,9-10H2,1-3H3. The van der Waals surface area contributed by atoms with Gasteiger partial charge in [-0.2, -0.15) is 0 Å². The third-order valence-corrected chi connectivity index (χ3v) is 3.93. The van der Waals surface area contributed by atoms with Gasteiger partial charge in [0.05, 0.1) is 0 Å². The molecule has 1 rings (SSSR count). The number of allylic oxidation sites excluding steroid dienone is 1. The van der Waals surface area contributed by atoms with Crippen LogP contribution >= 0.6 is 15.9 Å². The van der Waals surface area contributed by atoms with Crippen LogP contribution in [0.1, 0.15) is 32.8 Å². The zero-order chi connectivity index (χ0) is 13.5. The Morgan fingerprint density at radius 2 is 2.06 bits per heavy atom. The van der Waals surface area contributed by atoms with Crippen LogP contribution in [0.5, 0.6) is 0 Å². The molecule has 1 aromatic rings. The first-order chi connectivity index (χ1) is 8.58. The van der Waals surface area contributed by atoms with Gasteiger partial charge in [-0.05, 0) is 65.1 Å². The SMILES string of the molecule is C=C(c1ccc(Br)nc1)C(C)CCN(CC)CC. The first-order valence-electron chi connectivity index (χ1n) is 6.61.